The highest BCUT2D eigenvalue weighted by molar-refractivity contribution is 5.77. The quantitative estimate of drug-likeness (QED) is 0.0343. The molecule has 1 aliphatic heterocycles. The maximum atomic E-state index is 13.5. The SMILES string of the molecule is CC/C=C\CC1C(CC(=O)OCC(COCCCCCCCC/C=C\C/C=C\CCCCC)OCCCCCCCC/C=C\C/C=C\CCCCC)CCC1OC(=O)C1(C)CCCN(C)C1. The molecule has 1 saturated heterocycles. The number of hydrogen-bond donors (Lipinski definition) is 0. The van der Waals surface area contributed by atoms with Gasteiger partial charge in [-0.1, -0.05) is 159 Å². The number of rotatable bonds is 42. The van der Waals surface area contributed by atoms with Crippen LogP contribution in [0.3, 0.4) is 0 Å². The van der Waals surface area contributed by atoms with Gasteiger partial charge in [-0.3, -0.25) is 9.59 Å². The molecule has 7 nitrogen and oxygen atoms in total. The van der Waals surface area contributed by atoms with Crippen molar-refractivity contribution < 1.29 is 28.5 Å². The van der Waals surface area contributed by atoms with Crippen LogP contribution in [0.1, 0.15) is 227 Å². The number of likely N-dealkylation sites (tertiary alicyclic amines) is 1. The third kappa shape index (κ3) is 30.8. The normalized spacial score (nSPS) is 21.1. The first-order valence-electron chi connectivity index (χ1n) is 27.8. The molecule has 7 heteroatoms. The lowest BCUT2D eigenvalue weighted by Crippen LogP contribution is -2.46. The third-order valence-corrected chi connectivity index (χ3v) is 13.7. The number of carbonyl (C=O) groups is 2. The van der Waals surface area contributed by atoms with Gasteiger partial charge >= 0.3 is 11.9 Å². The van der Waals surface area contributed by atoms with E-state index in [4.69, 9.17) is 18.9 Å². The zero-order valence-electron chi connectivity index (χ0n) is 43.6. The highest BCUT2D eigenvalue weighted by atomic mass is 16.6. The predicted octanol–water partition coefficient (Wildman–Crippen LogP) is 16.0. The molecule has 0 N–H and O–H groups in total. The number of allylic oxidation sites excluding steroid dienone is 10. The molecule has 1 aliphatic carbocycles. The molecule has 0 radical (unpaired) electrons. The molecule has 66 heavy (non-hydrogen) atoms. The first-order valence-corrected chi connectivity index (χ1v) is 27.8. The fourth-order valence-electron chi connectivity index (χ4n) is 9.56. The van der Waals surface area contributed by atoms with Gasteiger partial charge in [0.25, 0.3) is 0 Å². The van der Waals surface area contributed by atoms with E-state index in [2.05, 4.69) is 100 Å². The second-order valence-electron chi connectivity index (χ2n) is 20.1. The summed E-state index contributed by atoms with van der Waals surface area (Å²) in [5.74, 6) is -0.0364. The van der Waals surface area contributed by atoms with E-state index in [0.717, 1.165) is 83.7 Å². The van der Waals surface area contributed by atoms with Crippen LogP contribution >= 0.6 is 0 Å². The van der Waals surface area contributed by atoms with Crippen LogP contribution in [-0.4, -0.2) is 75.6 Å². The Morgan fingerprint density at radius 1 is 0.636 bits per heavy atom. The van der Waals surface area contributed by atoms with E-state index >= 15 is 0 Å². The lowest BCUT2D eigenvalue weighted by molar-refractivity contribution is -0.166. The second kappa shape index (κ2) is 41.5. The van der Waals surface area contributed by atoms with Gasteiger partial charge in [0.2, 0.25) is 0 Å². The van der Waals surface area contributed by atoms with Gasteiger partial charge in [0.1, 0.15) is 18.8 Å². The molecule has 380 valence electrons. The van der Waals surface area contributed by atoms with Gasteiger partial charge in [-0.05, 0) is 142 Å². The summed E-state index contributed by atoms with van der Waals surface area (Å²) in [6, 6.07) is 0. The van der Waals surface area contributed by atoms with Crippen molar-refractivity contribution >= 4 is 11.9 Å². The summed E-state index contributed by atoms with van der Waals surface area (Å²) < 4.78 is 24.8. The molecule has 0 aromatic heterocycles. The summed E-state index contributed by atoms with van der Waals surface area (Å²) in [4.78, 5) is 29.2. The monoisotopic (exact) mass is 922 g/mol. The van der Waals surface area contributed by atoms with E-state index in [-0.39, 0.29) is 42.6 Å². The van der Waals surface area contributed by atoms with Gasteiger partial charge in [-0.15, -0.1) is 0 Å². The molecule has 0 amide bonds. The van der Waals surface area contributed by atoms with Gasteiger partial charge < -0.3 is 23.8 Å². The zero-order valence-corrected chi connectivity index (χ0v) is 43.6. The maximum Gasteiger partial charge on any atom is 0.313 e. The first-order chi connectivity index (χ1) is 32.3. The number of nitrogens with zero attached hydrogens (tertiary/aromatic N) is 1. The number of unbranched alkanes of at least 4 members (excludes halogenated alkanes) is 18. The minimum atomic E-state index is -0.477. The van der Waals surface area contributed by atoms with Crippen molar-refractivity contribution in [1.82, 2.24) is 4.90 Å². The molecule has 2 rings (SSSR count). The van der Waals surface area contributed by atoms with Crippen LogP contribution in [0.2, 0.25) is 0 Å². The van der Waals surface area contributed by atoms with Crippen molar-refractivity contribution in [2.45, 2.75) is 239 Å². The Morgan fingerprint density at radius 2 is 1.18 bits per heavy atom. The molecule has 0 bridgehead atoms. The fraction of sp³-hybridized carbons (Fsp3) is 0.797. The van der Waals surface area contributed by atoms with Crippen molar-refractivity contribution in [2.24, 2.45) is 17.3 Å². The zero-order chi connectivity index (χ0) is 47.6. The van der Waals surface area contributed by atoms with Crippen molar-refractivity contribution in [3.8, 4) is 0 Å². The molecule has 2 fully saturated rings. The summed E-state index contributed by atoms with van der Waals surface area (Å²) >= 11 is 0. The molecule has 1 saturated carbocycles. The number of esters is 2. The maximum absolute atomic E-state index is 13.5. The molecular weight excluding hydrogens is 819 g/mol. The van der Waals surface area contributed by atoms with E-state index in [1.807, 2.05) is 0 Å². The average Bonchev–Trinajstić information content (AvgIpc) is 3.67. The average molecular weight is 922 g/mol. The van der Waals surface area contributed by atoms with Gasteiger partial charge in [-0.2, -0.15) is 0 Å². The minimum absolute atomic E-state index is 0.0815. The topological polar surface area (TPSA) is 74.3 Å². The van der Waals surface area contributed by atoms with Gasteiger partial charge in [0, 0.05) is 32.1 Å². The molecule has 0 aromatic carbocycles. The molecule has 5 atom stereocenters. The van der Waals surface area contributed by atoms with Gasteiger partial charge in [0.15, 0.2) is 0 Å². The standard InChI is InChI=1S/C59H103NO6/c1-6-9-12-14-16-18-20-22-24-26-28-30-32-34-36-39-47-63-50-54(64-48-40-37-35-33-31-29-27-25-23-21-19-17-15-13-10-7-2)51-65-57(61)49-53-43-44-56(55(53)42-38-11-8-3)66-58(62)59(4)45-41-46-60(5)52-59/h11,16-19,22-25,38,53-56H,6-10,12-15,20-21,26-37,39-52H2,1-5H3/b18-16-,19-17-,24-22-,25-23-,38-11-. The van der Waals surface area contributed by atoms with Gasteiger partial charge in [-0.25, -0.2) is 0 Å². The predicted molar refractivity (Wildman–Crippen MR) is 280 cm³/mol. The molecule has 1 heterocycles. The summed E-state index contributed by atoms with van der Waals surface area (Å²) in [6.45, 7) is 12.5. The van der Waals surface area contributed by atoms with Crippen molar-refractivity contribution in [3.05, 3.63) is 60.8 Å². The largest absolute Gasteiger partial charge is 0.463 e. The Balaban J connectivity index is 1.76. The number of carbonyl (C=O) groups excluding carboxylic acids is 2. The van der Waals surface area contributed by atoms with E-state index in [1.165, 1.54) is 122 Å². The summed E-state index contributed by atoms with van der Waals surface area (Å²) in [7, 11) is 2.08. The van der Waals surface area contributed by atoms with Crippen LogP contribution in [-0.2, 0) is 28.5 Å². The van der Waals surface area contributed by atoms with E-state index in [9.17, 15) is 9.59 Å². The van der Waals surface area contributed by atoms with E-state index < -0.39 is 5.41 Å². The van der Waals surface area contributed by atoms with Crippen LogP contribution in [0.5, 0.6) is 0 Å². The van der Waals surface area contributed by atoms with Crippen molar-refractivity contribution in [1.29, 1.82) is 0 Å². The van der Waals surface area contributed by atoms with E-state index in [1.54, 1.807) is 0 Å². The van der Waals surface area contributed by atoms with E-state index in [0.29, 0.717) is 26.2 Å². The lowest BCUT2D eigenvalue weighted by atomic mass is 9.82. The first kappa shape index (κ1) is 59.6. The Kier molecular flexibility index (Phi) is 37.5. The highest BCUT2D eigenvalue weighted by Crippen LogP contribution is 2.41. The summed E-state index contributed by atoms with van der Waals surface area (Å²) in [5.41, 5.74) is -0.477. The van der Waals surface area contributed by atoms with Gasteiger partial charge in [0.05, 0.1) is 12.0 Å². The number of piperidine rings is 1. The van der Waals surface area contributed by atoms with Crippen LogP contribution in [0.15, 0.2) is 60.8 Å². The Bertz CT molecular complexity index is 1320. The molecule has 0 aromatic rings. The van der Waals surface area contributed by atoms with Crippen molar-refractivity contribution in [3.63, 3.8) is 0 Å². The summed E-state index contributed by atoms with van der Waals surface area (Å²) in [6.07, 6.45) is 57.4. The minimum Gasteiger partial charge on any atom is -0.463 e. The molecule has 2 aliphatic rings. The number of hydrogen-bond acceptors (Lipinski definition) is 7. The smallest absolute Gasteiger partial charge is 0.313 e. The Morgan fingerprint density at radius 3 is 1.74 bits per heavy atom. The van der Waals surface area contributed by atoms with Crippen LogP contribution in [0.4, 0.5) is 0 Å². The van der Waals surface area contributed by atoms with Crippen LogP contribution < -0.4 is 0 Å². The third-order valence-electron chi connectivity index (χ3n) is 13.7. The highest BCUT2D eigenvalue weighted by Gasteiger charge is 2.44. The second-order valence-corrected chi connectivity index (χ2v) is 20.1. The van der Waals surface area contributed by atoms with Crippen LogP contribution in [0, 0.1) is 17.3 Å². The molecule has 5 unspecified atom stereocenters. The lowest BCUT2D eigenvalue weighted by Gasteiger charge is -2.38. The van der Waals surface area contributed by atoms with Crippen molar-refractivity contribution in [2.75, 3.05) is 46.6 Å². The Labute approximate surface area is 407 Å². The number of ether oxygens (including phenoxy) is 4. The Hall–Kier alpha value is -2.48. The fourth-order valence-corrected chi connectivity index (χ4v) is 9.56. The molecular formula is C59H103NO6. The molecule has 0 spiro atoms. The van der Waals surface area contributed by atoms with Crippen LogP contribution in [0.25, 0.3) is 0 Å². The summed E-state index contributed by atoms with van der Waals surface area (Å²) in [5, 5.41) is 0.